The van der Waals surface area contributed by atoms with Crippen LogP contribution >= 0.6 is 0 Å². The van der Waals surface area contributed by atoms with Gasteiger partial charge in [-0.15, -0.1) is 0 Å². The van der Waals surface area contributed by atoms with Gasteiger partial charge in [0, 0.05) is 19.3 Å². The molecule has 1 unspecified atom stereocenters. The molecule has 0 saturated heterocycles. The molecule has 0 bridgehead atoms. The number of hydrogen-bond acceptors (Lipinski definition) is 6. The fraction of sp³-hybridized carbons (Fsp3) is 0.784. The van der Waals surface area contributed by atoms with Gasteiger partial charge in [-0.1, -0.05) is 211 Å². The largest absolute Gasteiger partial charge is 0.462 e. The second-order valence-electron chi connectivity index (χ2n) is 16.1. The van der Waals surface area contributed by atoms with Crippen molar-refractivity contribution < 1.29 is 28.6 Å². The molecule has 0 amide bonds. The number of esters is 3. The second-order valence-corrected chi connectivity index (χ2v) is 16.1. The Morgan fingerprint density at radius 2 is 0.719 bits per heavy atom. The molecule has 0 heterocycles. The third kappa shape index (κ3) is 44.3. The number of ether oxygens (including phenoxy) is 3. The standard InChI is InChI=1S/C51H90O6/c1-4-7-10-13-16-19-22-24-25-26-28-29-32-35-38-41-44-50(53)56-47-48(46-55-49(52)43-40-37-34-31-21-18-15-12-9-6-3)57-51(54)45-42-39-36-33-30-27-23-20-17-14-11-8-5-2/h8,11,14-15,17-18,20,23,48H,4-7,9-10,12-13,16,19,21-22,24-47H2,1-3H3/b11-8-,17-14-,18-15-,23-20-. The first kappa shape index (κ1) is 54.4. The summed E-state index contributed by atoms with van der Waals surface area (Å²) >= 11 is 0. The van der Waals surface area contributed by atoms with E-state index in [0.717, 1.165) is 103 Å². The molecular weight excluding hydrogens is 709 g/mol. The zero-order valence-electron chi connectivity index (χ0n) is 37.6. The highest BCUT2D eigenvalue weighted by molar-refractivity contribution is 5.71. The zero-order valence-corrected chi connectivity index (χ0v) is 37.6. The van der Waals surface area contributed by atoms with E-state index in [1.807, 2.05) is 0 Å². The topological polar surface area (TPSA) is 78.9 Å². The Morgan fingerprint density at radius 3 is 1.16 bits per heavy atom. The lowest BCUT2D eigenvalue weighted by atomic mass is 10.0. The Hall–Kier alpha value is -2.63. The number of rotatable bonds is 43. The highest BCUT2D eigenvalue weighted by Gasteiger charge is 2.19. The molecule has 0 aromatic rings. The predicted octanol–water partition coefficient (Wildman–Crippen LogP) is 15.5. The van der Waals surface area contributed by atoms with Crippen LogP contribution in [0.4, 0.5) is 0 Å². The van der Waals surface area contributed by atoms with E-state index in [4.69, 9.17) is 14.2 Å². The first-order valence-corrected chi connectivity index (χ1v) is 24.2. The second kappa shape index (κ2) is 46.1. The normalized spacial score (nSPS) is 12.4. The van der Waals surface area contributed by atoms with Crippen molar-refractivity contribution in [1.29, 1.82) is 0 Å². The van der Waals surface area contributed by atoms with Gasteiger partial charge in [0.1, 0.15) is 13.2 Å². The third-order valence-electron chi connectivity index (χ3n) is 10.4. The third-order valence-corrected chi connectivity index (χ3v) is 10.4. The molecule has 0 fully saturated rings. The Kier molecular flexibility index (Phi) is 43.9. The minimum atomic E-state index is -0.783. The van der Waals surface area contributed by atoms with Gasteiger partial charge in [-0.3, -0.25) is 14.4 Å². The summed E-state index contributed by atoms with van der Waals surface area (Å²) < 4.78 is 16.7. The molecule has 0 aromatic heterocycles. The highest BCUT2D eigenvalue weighted by Crippen LogP contribution is 2.15. The van der Waals surface area contributed by atoms with E-state index < -0.39 is 6.10 Å². The first-order valence-electron chi connectivity index (χ1n) is 24.2. The van der Waals surface area contributed by atoms with E-state index in [0.29, 0.717) is 19.3 Å². The molecule has 6 heteroatoms. The van der Waals surface area contributed by atoms with Crippen LogP contribution in [0.1, 0.15) is 239 Å². The van der Waals surface area contributed by atoms with Crippen LogP contribution in [0.5, 0.6) is 0 Å². The lowest BCUT2D eigenvalue weighted by Gasteiger charge is -2.18. The van der Waals surface area contributed by atoms with Crippen molar-refractivity contribution in [2.24, 2.45) is 0 Å². The fourth-order valence-electron chi connectivity index (χ4n) is 6.72. The molecule has 6 nitrogen and oxygen atoms in total. The van der Waals surface area contributed by atoms with Gasteiger partial charge in [-0.05, 0) is 57.8 Å². The number of carbonyl (C=O) groups excluding carboxylic acids is 3. The van der Waals surface area contributed by atoms with Crippen molar-refractivity contribution >= 4 is 17.9 Å². The lowest BCUT2D eigenvalue weighted by Crippen LogP contribution is -2.30. The molecule has 330 valence electrons. The van der Waals surface area contributed by atoms with Gasteiger partial charge in [0.25, 0.3) is 0 Å². The minimum Gasteiger partial charge on any atom is -0.462 e. The molecule has 0 aliphatic heterocycles. The number of allylic oxidation sites excluding steroid dienone is 8. The average Bonchev–Trinajstić information content (AvgIpc) is 3.21. The summed E-state index contributed by atoms with van der Waals surface area (Å²) in [7, 11) is 0. The van der Waals surface area contributed by atoms with Gasteiger partial charge in [-0.2, -0.15) is 0 Å². The number of unbranched alkanes of at least 4 members (excludes halogenated alkanes) is 26. The van der Waals surface area contributed by atoms with Gasteiger partial charge < -0.3 is 14.2 Å². The van der Waals surface area contributed by atoms with Crippen molar-refractivity contribution in [1.82, 2.24) is 0 Å². The number of carbonyl (C=O) groups is 3. The van der Waals surface area contributed by atoms with Crippen molar-refractivity contribution in [3.8, 4) is 0 Å². The van der Waals surface area contributed by atoms with Crippen LogP contribution < -0.4 is 0 Å². The summed E-state index contributed by atoms with van der Waals surface area (Å²) in [5.41, 5.74) is 0. The Morgan fingerprint density at radius 1 is 0.368 bits per heavy atom. The maximum atomic E-state index is 12.7. The van der Waals surface area contributed by atoms with Gasteiger partial charge >= 0.3 is 17.9 Å². The van der Waals surface area contributed by atoms with E-state index in [2.05, 4.69) is 69.4 Å². The summed E-state index contributed by atoms with van der Waals surface area (Å²) in [5.74, 6) is -0.915. The van der Waals surface area contributed by atoms with Crippen LogP contribution in [0, 0.1) is 0 Å². The van der Waals surface area contributed by atoms with Crippen LogP contribution in [0.3, 0.4) is 0 Å². The molecule has 1 atom stereocenters. The van der Waals surface area contributed by atoms with E-state index in [-0.39, 0.29) is 31.1 Å². The average molecular weight is 799 g/mol. The van der Waals surface area contributed by atoms with Crippen molar-refractivity contribution in [2.75, 3.05) is 13.2 Å². The summed E-state index contributed by atoms with van der Waals surface area (Å²) in [4.78, 5) is 37.8. The van der Waals surface area contributed by atoms with Gasteiger partial charge in [-0.25, -0.2) is 0 Å². The molecule has 0 saturated carbocycles. The molecular formula is C51H90O6. The molecule has 0 radical (unpaired) electrons. The van der Waals surface area contributed by atoms with Crippen LogP contribution in [0.2, 0.25) is 0 Å². The van der Waals surface area contributed by atoms with Crippen LogP contribution in [0.25, 0.3) is 0 Å². The summed E-state index contributed by atoms with van der Waals surface area (Å²) in [6, 6.07) is 0. The van der Waals surface area contributed by atoms with Crippen molar-refractivity contribution in [3.05, 3.63) is 48.6 Å². The van der Waals surface area contributed by atoms with Crippen molar-refractivity contribution in [3.63, 3.8) is 0 Å². The van der Waals surface area contributed by atoms with Crippen LogP contribution in [0.15, 0.2) is 48.6 Å². The maximum absolute atomic E-state index is 12.7. The molecule has 0 aliphatic carbocycles. The zero-order chi connectivity index (χ0) is 41.5. The molecule has 0 N–H and O–H groups in total. The fourth-order valence-corrected chi connectivity index (χ4v) is 6.72. The van der Waals surface area contributed by atoms with Crippen LogP contribution in [-0.4, -0.2) is 37.2 Å². The summed E-state index contributed by atoms with van der Waals surface area (Å²) in [5, 5.41) is 0. The number of hydrogen-bond donors (Lipinski definition) is 0. The lowest BCUT2D eigenvalue weighted by molar-refractivity contribution is -0.167. The van der Waals surface area contributed by atoms with Gasteiger partial charge in [0.2, 0.25) is 0 Å². The molecule has 0 aliphatic rings. The van der Waals surface area contributed by atoms with Crippen LogP contribution in [-0.2, 0) is 28.6 Å². The van der Waals surface area contributed by atoms with Gasteiger partial charge in [0.15, 0.2) is 6.10 Å². The predicted molar refractivity (Wildman–Crippen MR) is 242 cm³/mol. The molecule has 0 aromatic carbocycles. The maximum Gasteiger partial charge on any atom is 0.306 e. The Balaban J connectivity index is 4.36. The SMILES string of the molecule is CC\C=C/C=C\C=C/CCCCCCCC(=O)OC(COC(=O)CCCCCC/C=C\CCCC)COC(=O)CCCCCCCCCCCCCCCCCC. The van der Waals surface area contributed by atoms with Gasteiger partial charge in [0.05, 0.1) is 0 Å². The first-order chi connectivity index (χ1) is 28.0. The quantitative estimate of drug-likeness (QED) is 0.0201. The van der Waals surface area contributed by atoms with E-state index in [9.17, 15) is 14.4 Å². The van der Waals surface area contributed by atoms with Crippen molar-refractivity contribution in [2.45, 2.75) is 245 Å². The van der Waals surface area contributed by atoms with E-state index in [1.165, 1.54) is 96.3 Å². The van der Waals surface area contributed by atoms with E-state index >= 15 is 0 Å². The molecule has 57 heavy (non-hydrogen) atoms. The Bertz CT molecular complexity index is 1010. The smallest absolute Gasteiger partial charge is 0.306 e. The highest BCUT2D eigenvalue weighted by atomic mass is 16.6. The molecule has 0 spiro atoms. The summed E-state index contributed by atoms with van der Waals surface area (Å²) in [6.07, 6.45) is 53.8. The van der Waals surface area contributed by atoms with E-state index in [1.54, 1.807) is 0 Å². The monoisotopic (exact) mass is 799 g/mol. The minimum absolute atomic E-state index is 0.0833. The summed E-state index contributed by atoms with van der Waals surface area (Å²) in [6.45, 7) is 6.44. The Labute approximate surface area is 352 Å². The molecule has 0 rings (SSSR count).